The van der Waals surface area contributed by atoms with Crippen LogP contribution in [0, 0.1) is 4.77 Å². The van der Waals surface area contributed by atoms with Gasteiger partial charge in [-0.1, -0.05) is 37.1 Å². The second kappa shape index (κ2) is 6.39. The minimum absolute atomic E-state index is 0.0390. The minimum atomic E-state index is -0.225. The molecule has 1 N–H and O–H groups in total. The Bertz CT molecular complexity index is 1040. The topological polar surface area (TPSA) is 47.0 Å². The second-order valence-electron chi connectivity index (χ2n) is 9.43. The van der Waals surface area contributed by atoms with Crippen LogP contribution in [-0.4, -0.2) is 21.8 Å². The number of hydrogen-bond donors (Lipinski definition) is 1. The van der Waals surface area contributed by atoms with Crippen molar-refractivity contribution in [1.29, 1.82) is 0 Å². The van der Waals surface area contributed by atoms with E-state index < -0.39 is 0 Å². The summed E-state index contributed by atoms with van der Waals surface area (Å²) in [6.45, 7) is 4.87. The highest BCUT2D eigenvalue weighted by Crippen LogP contribution is 2.49. The van der Waals surface area contributed by atoms with Gasteiger partial charge in [0.15, 0.2) is 4.77 Å². The van der Waals surface area contributed by atoms with Crippen LogP contribution in [0.2, 0.25) is 0 Å². The lowest BCUT2D eigenvalue weighted by atomic mass is 9.68. The molecule has 2 aromatic rings. The lowest BCUT2D eigenvalue weighted by Crippen LogP contribution is -2.44. The summed E-state index contributed by atoms with van der Waals surface area (Å²) in [7, 11) is 0. The third kappa shape index (κ3) is 2.74. The van der Waals surface area contributed by atoms with Gasteiger partial charge in [0, 0.05) is 29.2 Å². The zero-order valence-electron chi connectivity index (χ0n) is 16.7. The maximum absolute atomic E-state index is 14.0. The van der Waals surface area contributed by atoms with Crippen molar-refractivity contribution >= 4 is 12.2 Å². The van der Waals surface area contributed by atoms with Crippen LogP contribution in [0.15, 0.2) is 29.1 Å². The first-order valence-electron chi connectivity index (χ1n) is 10.5. The molecule has 1 spiro atoms. The quantitative estimate of drug-likeness (QED) is 0.685. The van der Waals surface area contributed by atoms with Crippen molar-refractivity contribution in [3.63, 3.8) is 0 Å². The van der Waals surface area contributed by atoms with Crippen molar-refractivity contribution < 1.29 is 4.74 Å². The van der Waals surface area contributed by atoms with Crippen molar-refractivity contribution in [3.8, 4) is 11.3 Å². The molecule has 28 heavy (non-hydrogen) atoms. The summed E-state index contributed by atoms with van der Waals surface area (Å²) in [5.41, 5.74) is 4.32. The van der Waals surface area contributed by atoms with Gasteiger partial charge in [-0.15, -0.1) is 0 Å². The fraction of sp³-hybridized carbons (Fsp3) is 0.565. The van der Waals surface area contributed by atoms with Gasteiger partial charge in [0.2, 0.25) is 0 Å². The third-order valence-electron chi connectivity index (χ3n) is 7.08. The van der Waals surface area contributed by atoms with Gasteiger partial charge in [-0.05, 0) is 63.7 Å². The Morgan fingerprint density at radius 1 is 1.21 bits per heavy atom. The molecule has 0 bridgehead atoms. The molecule has 2 fully saturated rings. The Hall–Kier alpha value is -1.72. The standard InChI is InChI=1S/C23H28N2O2S/c1-22(2)14-16(9-12-27-22)25-20(26)18-19(24-21(25)28)17-8-4-3-7-15(17)13-23(18)10-5-6-11-23/h3-4,7-8,16H,5-6,9-14H2,1-2H3,(H,24,28). The van der Waals surface area contributed by atoms with Crippen LogP contribution in [0.1, 0.15) is 69.5 Å². The number of aromatic amines is 1. The summed E-state index contributed by atoms with van der Waals surface area (Å²) < 4.78 is 8.32. The maximum Gasteiger partial charge on any atom is 0.258 e. The van der Waals surface area contributed by atoms with Crippen molar-refractivity contribution in [3.05, 3.63) is 50.5 Å². The van der Waals surface area contributed by atoms with Crippen molar-refractivity contribution in [1.82, 2.24) is 9.55 Å². The maximum atomic E-state index is 14.0. The van der Waals surface area contributed by atoms with E-state index in [4.69, 9.17) is 17.0 Å². The zero-order valence-corrected chi connectivity index (χ0v) is 17.5. The second-order valence-corrected chi connectivity index (χ2v) is 9.82. The fourth-order valence-electron chi connectivity index (χ4n) is 5.84. The number of H-pyrrole nitrogens is 1. The van der Waals surface area contributed by atoms with Crippen LogP contribution in [0.3, 0.4) is 0 Å². The number of benzene rings is 1. The Labute approximate surface area is 170 Å². The number of fused-ring (bicyclic) bond motifs is 4. The van der Waals surface area contributed by atoms with Gasteiger partial charge in [-0.3, -0.25) is 9.36 Å². The molecule has 1 unspecified atom stereocenters. The first-order valence-corrected chi connectivity index (χ1v) is 10.9. The van der Waals surface area contributed by atoms with Crippen LogP contribution in [0.4, 0.5) is 0 Å². The molecule has 1 saturated carbocycles. The lowest BCUT2D eigenvalue weighted by Gasteiger charge is -2.39. The number of nitrogens with zero attached hydrogens (tertiary/aromatic N) is 1. The Balaban J connectivity index is 1.75. The molecule has 1 saturated heterocycles. The number of hydrogen-bond acceptors (Lipinski definition) is 3. The van der Waals surface area contributed by atoms with E-state index in [0.717, 1.165) is 48.9 Å². The summed E-state index contributed by atoms with van der Waals surface area (Å²) in [5, 5.41) is 0. The predicted molar refractivity (Wildman–Crippen MR) is 113 cm³/mol. The van der Waals surface area contributed by atoms with Crippen LogP contribution in [0.5, 0.6) is 0 Å². The summed E-state index contributed by atoms with van der Waals surface area (Å²) in [6, 6.07) is 8.59. The van der Waals surface area contributed by atoms with Crippen molar-refractivity contribution in [2.75, 3.05) is 6.61 Å². The molecule has 1 atom stereocenters. The van der Waals surface area contributed by atoms with E-state index in [1.165, 1.54) is 18.4 Å². The van der Waals surface area contributed by atoms with Crippen LogP contribution in [-0.2, 0) is 16.6 Å². The first kappa shape index (κ1) is 18.3. The van der Waals surface area contributed by atoms with E-state index in [9.17, 15) is 4.79 Å². The molecule has 2 aliphatic carbocycles. The zero-order chi connectivity index (χ0) is 19.5. The molecule has 1 aliphatic heterocycles. The van der Waals surface area contributed by atoms with Crippen molar-refractivity contribution in [2.24, 2.45) is 0 Å². The fourth-order valence-corrected chi connectivity index (χ4v) is 6.18. The molecular weight excluding hydrogens is 368 g/mol. The summed E-state index contributed by atoms with van der Waals surface area (Å²) in [4.78, 5) is 17.5. The van der Waals surface area contributed by atoms with Gasteiger partial charge in [0.05, 0.1) is 11.3 Å². The van der Waals surface area contributed by atoms with E-state index in [0.29, 0.717) is 11.4 Å². The van der Waals surface area contributed by atoms with Crippen LogP contribution < -0.4 is 5.56 Å². The van der Waals surface area contributed by atoms with Gasteiger partial charge in [0.1, 0.15) is 0 Å². The highest BCUT2D eigenvalue weighted by Gasteiger charge is 2.44. The van der Waals surface area contributed by atoms with Gasteiger partial charge >= 0.3 is 0 Å². The largest absolute Gasteiger partial charge is 0.375 e. The highest BCUT2D eigenvalue weighted by molar-refractivity contribution is 7.71. The molecular formula is C23H28N2O2S. The van der Waals surface area contributed by atoms with Gasteiger partial charge < -0.3 is 9.72 Å². The Morgan fingerprint density at radius 2 is 1.96 bits per heavy atom. The van der Waals surface area contributed by atoms with Gasteiger partial charge in [-0.2, -0.15) is 0 Å². The normalized spacial score (nSPS) is 24.7. The molecule has 2 heterocycles. The minimum Gasteiger partial charge on any atom is -0.375 e. The number of rotatable bonds is 1. The number of nitrogens with one attached hydrogen (secondary N) is 1. The Morgan fingerprint density at radius 3 is 2.71 bits per heavy atom. The van der Waals surface area contributed by atoms with E-state index in [-0.39, 0.29) is 22.6 Å². The lowest BCUT2D eigenvalue weighted by molar-refractivity contribution is -0.0699. The summed E-state index contributed by atoms with van der Waals surface area (Å²) >= 11 is 5.74. The molecule has 148 valence electrons. The summed E-state index contributed by atoms with van der Waals surface area (Å²) in [5.74, 6) is 0. The molecule has 5 rings (SSSR count). The van der Waals surface area contributed by atoms with Crippen LogP contribution in [0.25, 0.3) is 11.3 Å². The average molecular weight is 397 g/mol. The van der Waals surface area contributed by atoms with E-state index in [2.05, 4.69) is 43.1 Å². The molecule has 4 nitrogen and oxygen atoms in total. The highest BCUT2D eigenvalue weighted by atomic mass is 32.1. The van der Waals surface area contributed by atoms with E-state index in [1.807, 2.05) is 4.57 Å². The van der Waals surface area contributed by atoms with E-state index >= 15 is 0 Å². The summed E-state index contributed by atoms with van der Waals surface area (Å²) in [6.07, 6.45) is 7.19. The Kier molecular flexibility index (Phi) is 4.18. The predicted octanol–water partition coefficient (Wildman–Crippen LogP) is 5.07. The SMILES string of the molecule is CC1(C)CC(n2c(=S)[nH]c3c(c2=O)C2(CCCC2)Cc2ccccc2-3)CCO1. The molecule has 0 amide bonds. The molecule has 1 aromatic heterocycles. The van der Waals surface area contributed by atoms with E-state index in [1.54, 1.807) is 0 Å². The third-order valence-corrected chi connectivity index (χ3v) is 7.37. The number of ether oxygens (including phenoxy) is 1. The molecule has 1 aromatic carbocycles. The van der Waals surface area contributed by atoms with Gasteiger partial charge in [0.25, 0.3) is 5.56 Å². The smallest absolute Gasteiger partial charge is 0.258 e. The van der Waals surface area contributed by atoms with Crippen molar-refractivity contribution in [2.45, 2.75) is 75.9 Å². The average Bonchev–Trinajstić information content (AvgIpc) is 3.09. The molecule has 0 radical (unpaired) electrons. The first-order chi connectivity index (χ1) is 13.4. The van der Waals surface area contributed by atoms with Crippen LogP contribution >= 0.6 is 12.2 Å². The van der Waals surface area contributed by atoms with Gasteiger partial charge in [-0.25, -0.2) is 0 Å². The number of aromatic nitrogens is 2. The molecule has 5 heteroatoms. The monoisotopic (exact) mass is 396 g/mol. The molecule has 3 aliphatic rings.